The summed E-state index contributed by atoms with van der Waals surface area (Å²) in [5.41, 5.74) is 0.357. The molecule has 0 aromatic carbocycles. The topological polar surface area (TPSA) is 46.1 Å². The van der Waals surface area contributed by atoms with Crippen LogP contribution in [0.5, 0.6) is 0 Å². The average molecular weight is 281 g/mol. The number of carbonyl (C=O) groups is 1. The third-order valence-electron chi connectivity index (χ3n) is 3.39. The van der Waals surface area contributed by atoms with Crippen LogP contribution < -0.4 is 4.90 Å². The molecule has 0 N–H and O–H groups in total. The van der Waals surface area contributed by atoms with E-state index >= 15 is 0 Å². The fourth-order valence-electron chi connectivity index (χ4n) is 2.22. The van der Waals surface area contributed by atoms with Crippen molar-refractivity contribution in [2.45, 2.75) is 65.8 Å². The first kappa shape index (κ1) is 16.5. The molecule has 0 saturated heterocycles. The monoisotopic (exact) mass is 281 g/mol. The van der Waals surface area contributed by atoms with Crippen molar-refractivity contribution in [1.82, 2.24) is 9.97 Å². The molecule has 0 unspecified atom stereocenters. The van der Waals surface area contributed by atoms with Crippen molar-refractivity contribution in [2.75, 3.05) is 4.90 Å². The van der Waals surface area contributed by atoms with Crippen molar-refractivity contribution >= 4 is 11.9 Å². The highest BCUT2D eigenvalue weighted by Gasteiger charge is 2.25. The van der Waals surface area contributed by atoms with Gasteiger partial charge in [0.25, 0.3) is 0 Å². The number of rotatable bonds is 7. The molecule has 20 heavy (non-hydrogen) atoms. The molecule has 4 nitrogen and oxygen atoms in total. The van der Waals surface area contributed by atoms with Gasteiger partial charge in [-0.3, -0.25) is 9.69 Å². The summed E-state index contributed by atoms with van der Waals surface area (Å²) in [5.74, 6) is -0.0750. The summed E-state index contributed by atoms with van der Waals surface area (Å²) < 4.78 is 13.5. The van der Waals surface area contributed by atoms with Crippen LogP contribution in [0.4, 0.5) is 10.3 Å². The summed E-state index contributed by atoms with van der Waals surface area (Å²) >= 11 is 0. The second-order valence-corrected chi connectivity index (χ2v) is 4.80. The number of amides is 1. The van der Waals surface area contributed by atoms with E-state index < -0.39 is 5.82 Å². The van der Waals surface area contributed by atoms with Crippen molar-refractivity contribution in [3.8, 4) is 0 Å². The maximum atomic E-state index is 13.5. The van der Waals surface area contributed by atoms with Crippen LogP contribution in [0.1, 0.15) is 59.1 Å². The molecule has 0 spiro atoms. The highest BCUT2D eigenvalue weighted by molar-refractivity contribution is 5.92. The molecule has 0 radical (unpaired) electrons. The third-order valence-corrected chi connectivity index (χ3v) is 3.39. The lowest BCUT2D eigenvalue weighted by Gasteiger charge is -2.28. The SMILES string of the molecule is CCCC(=O)N(c1ncc(F)c(CC)n1)C(CC)CC. The lowest BCUT2D eigenvalue weighted by Crippen LogP contribution is -2.41. The van der Waals surface area contributed by atoms with E-state index in [1.165, 1.54) is 0 Å². The normalized spacial score (nSPS) is 10.9. The minimum Gasteiger partial charge on any atom is -0.278 e. The quantitative estimate of drug-likeness (QED) is 0.768. The number of aryl methyl sites for hydroxylation is 1. The van der Waals surface area contributed by atoms with Gasteiger partial charge >= 0.3 is 0 Å². The third kappa shape index (κ3) is 3.74. The molecule has 1 heterocycles. The molecule has 5 heteroatoms. The number of nitrogens with zero attached hydrogens (tertiary/aromatic N) is 3. The molecule has 1 aromatic rings. The Morgan fingerprint density at radius 3 is 2.45 bits per heavy atom. The largest absolute Gasteiger partial charge is 0.278 e. The fraction of sp³-hybridized carbons (Fsp3) is 0.667. The van der Waals surface area contributed by atoms with Gasteiger partial charge in [0.1, 0.15) is 0 Å². The summed E-state index contributed by atoms with van der Waals surface area (Å²) in [5, 5.41) is 0. The Morgan fingerprint density at radius 2 is 1.95 bits per heavy atom. The molecule has 0 atom stereocenters. The van der Waals surface area contributed by atoms with E-state index in [4.69, 9.17) is 0 Å². The molecule has 0 aliphatic heterocycles. The van der Waals surface area contributed by atoms with Gasteiger partial charge in [0, 0.05) is 12.5 Å². The van der Waals surface area contributed by atoms with Crippen LogP contribution in [0, 0.1) is 5.82 Å². The average Bonchev–Trinajstić information content (AvgIpc) is 2.45. The molecule has 0 bridgehead atoms. The first-order chi connectivity index (χ1) is 9.58. The van der Waals surface area contributed by atoms with Gasteiger partial charge in [0.05, 0.1) is 11.9 Å². The molecular weight excluding hydrogens is 257 g/mol. The minimum absolute atomic E-state index is 0.00913. The van der Waals surface area contributed by atoms with Crippen molar-refractivity contribution in [1.29, 1.82) is 0 Å². The number of hydrogen-bond acceptors (Lipinski definition) is 3. The van der Waals surface area contributed by atoms with Crippen molar-refractivity contribution in [2.24, 2.45) is 0 Å². The van der Waals surface area contributed by atoms with Gasteiger partial charge in [-0.1, -0.05) is 27.7 Å². The lowest BCUT2D eigenvalue weighted by molar-refractivity contribution is -0.119. The Balaban J connectivity index is 3.18. The zero-order valence-electron chi connectivity index (χ0n) is 12.8. The standard InChI is InChI=1S/C15H24FN3O/c1-5-9-14(20)19(11(6-2)7-3)15-17-10-12(16)13(8-4)18-15/h10-11H,5-9H2,1-4H3. The molecular formula is C15H24FN3O. The Bertz CT molecular complexity index is 447. The highest BCUT2D eigenvalue weighted by atomic mass is 19.1. The van der Waals surface area contributed by atoms with Crippen LogP contribution in [0.15, 0.2) is 6.20 Å². The molecule has 0 aliphatic carbocycles. The molecule has 112 valence electrons. The summed E-state index contributed by atoms with van der Waals surface area (Å²) in [6.07, 6.45) is 4.54. The van der Waals surface area contributed by atoms with E-state index in [1.807, 2.05) is 27.7 Å². The second kappa shape index (κ2) is 7.92. The van der Waals surface area contributed by atoms with Crippen LogP contribution in [0.25, 0.3) is 0 Å². The fourth-order valence-corrected chi connectivity index (χ4v) is 2.22. The van der Waals surface area contributed by atoms with Crippen molar-refractivity contribution < 1.29 is 9.18 Å². The van der Waals surface area contributed by atoms with Gasteiger partial charge in [-0.05, 0) is 25.7 Å². The van der Waals surface area contributed by atoms with Crippen LogP contribution in [0.3, 0.4) is 0 Å². The van der Waals surface area contributed by atoms with E-state index in [0.717, 1.165) is 25.5 Å². The van der Waals surface area contributed by atoms with Gasteiger partial charge in [0.2, 0.25) is 11.9 Å². The number of anilines is 1. The molecule has 1 aromatic heterocycles. The van der Waals surface area contributed by atoms with E-state index in [2.05, 4.69) is 9.97 Å². The van der Waals surface area contributed by atoms with Crippen LogP contribution >= 0.6 is 0 Å². The Kier molecular flexibility index (Phi) is 6.55. The summed E-state index contributed by atoms with van der Waals surface area (Å²) in [4.78, 5) is 22.2. The Labute approximate surface area is 120 Å². The van der Waals surface area contributed by atoms with E-state index in [9.17, 15) is 9.18 Å². The minimum atomic E-state index is -0.413. The predicted molar refractivity (Wildman–Crippen MR) is 78.1 cm³/mol. The predicted octanol–water partition coefficient (Wildman–Crippen LogP) is 3.50. The Morgan fingerprint density at radius 1 is 1.30 bits per heavy atom. The first-order valence-electron chi connectivity index (χ1n) is 7.42. The summed E-state index contributed by atoms with van der Waals surface area (Å²) in [6.45, 7) is 7.87. The zero-order valence-corrected chi connectivity index (χ0v) is 12.8. The van der Waals surface area contributed by atoms with Gasteiger partial charge in [-0.25, -0.2) is 14.4 Å². The maximum absolute atomic E-state index is 13.5. The highest BCUT2D eigenvalue weighted by Crippen LogP contribution is 2.19. The molecule has 0 aliphatic rings. The van der Waals surface area contributed by atoms with Crippen LogP contribution in [-0.2, 0) is 11.2 Å². The van der Waals surface area contributed by atoms with E-state index in [1.54, 1.807) is 4.90 Å². The van der Waals surface area contributed by atoms with Gasteiger partial charge in [0.15, 0.2) is 5.82 Å². The smallest absolute Gasteiger partial charge is 0.232 e. The number of carbonyl (C=O) groups excluding carboxylic acids is 1. The number of halogens is 1. The van der Waals surface area contributed by atoms with Crippen LogP contribution in [-0.4, -0.2) is 21.9 Å². The molecule has 1 rings (SSSR count). The second-order valence-electron chi connectivity index (χ2n) is 4.80. The maximum Gasteiger partial charge on any atom is 0.232 e. The van der Waals surface area contributed by atoms with E-state index in [-0.39, 0.29) is 11.9 Å². The summed E-state index contributed by atoms with van der Waals surface area (Å²) in [7, 11) is 0. The van der Waals surface area contributed by atoms with Gasteiger partial charge in [-0.2, -0.15) is 0 Å². The summed E-state index contributed by atoms with van der Waals surface area (Å²) in [6, 6.07) is 0.0595. The molecule has 0 fully saturated rings. The molecule has 0 saturated carbocycles. The molecule has 1 amide bonds. The number of aromatic nitrogens is 2. The van der Waals surface area contributed by atoms with Gasteiger partial charge < -0.3 is 0 Å². The van der Waals surface area contributed by atoms with Crippen LogP contribution in [0.2, 0.25) is 0 Å². The van der Waals surface area contributed by atoms with Gasteiger partial charge in [-0.15, -0.1) is 0 Å². The van der Waals surface area contributed by atoms with Crippen molar-refractivity contribution in [3.63, 3.8) is 0 Å². The lowest BCUT2D eigenvalue weighted by atomic mass is 10.1. The van der Waals surface area contributed by atoms with Crippen molar-refractivity contribution in [3.05, 3.63) is 17.7 Å². The Hall–Kier alpha value is -1.52. The zero-order chi connectivity index (χ0) is 15.1. The first-order valence-corrected chi connectivity index (χ1v) is 7.42. The number of hydrogen-bond donors (Lipinski definition) is 0. The van der Waals surface area contributed by atoms with E-state index in [0.29, 0.717) is 24.5 Å².